The molecule has 11 heteroatoms. The molecule has 0 atom stereocenters. The van der Waals surface area contributed by atoms with Crippen molar-refractivity contribution in [2.45, 2.75) is 0 Å². The Hall–Kier alpha value is -3.21. The van der Waals surface area contributed by atoms with Crippen LogP contribution in [0.15, 0.2) is 36.4 Å². The van der Waals surface area contributed by atoms with E-state index in [-0.39, 0.29) is 17.3 Å². The van der Waals surface area contributed by atoms with Crippen molar-refractivity contribution in [3.63, 3.8) is 0 Å². The molecule has 2 rings (SSSR count). The average molecular weight is 384 g/mol. The van der Waals surface area contributed by atoms with E-state index in [1.807, 2.05) is 0 Å². The molecule has 7 nitrogen and oxygen atoms in total. The van der Waals surface area contributed by atoms with E-state index in [0.29, 0.717) is 11.8 Å². The van der Waals surface area contributed by atoms with E-state index in [4.69, 9.17) is 12.2 Å². The number of rotatable bonds is 5. The first-order chi connectivity index (χ1) is 12.3. The van der Waals surface area contributed by atoms with Gasteiger partial charge in [-0.1, -0.05) is 0 Å². The van der Waals surface area contributed by atoms with Gasteiger partial charge in [-0.25, -0.2) is 13.2 Å². The predicted octanol–water partition coefficient (Wildman–Crippen LogP) is 2.94. The van der Waals surface area contributed by atoms with E-state index < -0.39 is 34.0 Å². The first-order valence-corrected chi connectivity index (χ1v) is 7.41. The van der Waals surface area contributed by atoms with Crippen molar-refractivity contribution >= 4 is 40.3 Å². The van der Waals surface area contributed by atoms with Crippen molar-refractivity contribution in [2.24, 2.45) is 0 Å². The highest BCUT2D eigenvalue weighted by Crippen LogP contribution is 2.19. The van der Waals surface area contributed by atoms with E-state index in [1.165, 1.54) is 24.3 Å². The minimum absolute atomic E-state index is 0.0276. The van der Waals surface area contributed by atoms with Crippen LogP contribution in [0.4, 0.5) is 30.2 Å². The number of nitro groups is 1. The minimum atomic E-state index is -1.69. The second-order valence-corrected chi connectivity index (χ2v) is 5.29. The van der Waals surface area contributed by atoms with Gasteiger partial charge >= 0.3 is 0 Å². The Kier molecular flexibility index (Phi) is 6.07. The molecule has 0 aliphatic carbocycles. The molecule has 0 saturated carbocycles. The molecular weight excluding hydrogens is 373 g/mol. The van der Waals surface area contributed by atoms with Crippen LogP contribution in [0, 0.1) is 27.6 Å². The first kappa shape index (κ1) is 19.1. The fraction of sp³-hybridized carbons (Fsp3) is 0.0667. The number of non-ortho nitro benzene ring substituents is 1. The molecule has 0 aliphatic heterocycles. The van der Waals surface area contributed by atoms with Crippen LogP contribution in [0.1, 0.15) is 0 Å². The largest absolute Gasteiger partial charge is 0.353 e. The lowest BCUT2D eigenvalue weighted by Gasteiger charge is -2.11. The Morgan fingerprint density at radius 1 is 1.04 bits per heavy atom. The lowest BCUT2D eigenvalue weighted by molar-refractivity contribution is -0.384. The normalized spacial score (nSPS) is 10.1. The highest BCUT2D eigenvalue weighted by Gasteiger charge is 2.15. The Morgan fingerprint density at radius 2 is 1.69 bits per heavy atom. The first-order valence-electron chi connectivity index (χ1n) is 7.00. The van der Waals surface area contributed by atoms with Crippen molar-refractivity contribution < 1.29 is 22.9 Å². The van der Waals surface area contributed by atoms with Crippen LogP contribution in [0.5, 0.6) is 0 Å². The number of hydrogen-bond acceptors (Lipinski definition) is 4. The molecule has 3 N–H and O–H groups in total. The smallest absolute Gasteiger partial charge is 0.269 e. The van der Waals surface area contributed by atoms with Crippen LogP contribution in [0.2, 0.25) is 0 Å². The third kappa shape index (κ3) is 4.89. The maximum atomic E-state index is 13.5. The molecule has 2 aromatic rings. The molecule has 1 amide bonds. The summed E-state index contributed by atoms with van der Waals surface area (Å²) in [6.45, 7) is -0.378. The van der Waals surface area contributed by atoms with Gasteiger partial charge < -0.3 is 16.0 Å². The number of carbonyl (C=O) groups is 1. The summed E-state index contributed by atoms with van der Waals surface area (Å²) < 4.78 is 39.4. The van der Waals surface area contributed by atoms with E-state index in [2.05, 4.69) is 16.0 Å². The number of carbonyl (C=O) groups excluding carboxylic acids is 1. The molecular formula is C15H11F3N4O3S. The third-order valence-electron chi connectivity index (χ3n) is 3.05. The van der Waals surface area contributed by atoms with Gasteiger partial charge in [-0.05, 0) is 36.5 Å². The maximum Gasteiger partial charge on any atom is 0.269 e. The molecule has 0 aromatic heterocycles. The van der Waals surface area contributed by atoms with Gasteiger partial charge in [0.05, 0.1) is 17.2 Å². The highest BCUT2D eigenvalue weighted by atomic mass is 32.1. The van der Waals surface area contributed by atoms with E-state index in [9.17, 15) is 28.1 Å². The number of nitrogens with zero attached hydrogens (tertiary/aromatic N) is 1. The minimum Gasteiger partial charge on any atom is -0.353 e. The molecule has 0 fully saturated rings. The molecule has 0 saturated heterocycles. The quantitative estimate of drug-likeness (QED) is 0.318. The Bertz CT molecular complexity index is 862. The molecule has 0 aliphatic rings. The molecule has 0 radical (unpaired) electrons. The fourth-order valence-electron chi connectivity index (χ4n) is 1.82. The van der Waals surface area contributed by atoms with Crippen LogP contribution >= 0.6 is 12.2 Å². The third-order valence-corrected chi connectivity index (χ3v) is 3.30. The molecule has 0 spiro atoms. The monoisotopic (exact) mass is 384 g/mol. The van der Waals surface area contributed by atoms with Gasteiger partial charge in [0.15, 0.2) is 22.6 Å². The number of hydrogen-bond donors (Lipinski definition) is 3. The van der Waals surface area contributed by atoms with Crippen LogP contribution in [0.3, 0.4) is 0 Å². The van der Waals surface area contributed by atoms with E-state index in [0.717, 1.165) is 6.07 Å². The summed E-state index contributed by atoms with van der Waals surface area (Å²) in [6, 6.07) is 6.94. The summed E-state index contributed by atoms with van der Waals surface area (Å²) in [6.07, 6.45) is 0. The second kappa shape index (κ2) is 8.25. The highest BCUT2D eigenvalue weighted by molar-refractivity contribution is 7.80. The van der Waals surface area contributed by atoms with Crippen LogP contribution < -0.4 is 16.0 Å². The zero-order valence-corrected chi connectivity index (χ0v) is 13.7. The summed E-state index contributed by atoms with van der Waals surface area (Å²) in [5.41, 5.74) is -0.160. The zero-order chi connectivity index (χ0) is 19.3. The fourth-order valence-corrected chi connectivity index (χ4v) is 2.01. The summed E-state index contributed by atoms with van der Waals surface area (Å²) in [7, 11) is 0. The molecule has 0 heterocycles. The Morgan fingerprint density at radius 3 is 2.31 bits per heavy atom. The summed E-state index contributed by atoms with van der Waals surface area (Å²) in [5.74, 6) is -5.31. The molecule has 2 aromatic carbocycles. The number of nitrogens with one attached hydrogen (secondary N) is 3. The predicted molar refractivity (Wildman–Crippen MR) is 92.3 cm³/mol. The number of benzene rings is 2. The SMILES string of the molecule is O=C(CNC(=S)Nc1ccc([N+](=O)[O-])cc1)Nc1ccc(F)c(F)c1F. The molecule has 0 bridgehead atoms. The topological polar surface area (TPSA) is 96.3 Å². The van der Waals surface area contributed by atoms with Gasteiger partial charge in [0.25, 0.3) is 5.69 Å². The number of halogens is 3. The van der Waals surface area contributed by atoms with E-state index >= 15 is 0 Å². The van der Waals surface area contributed by atoms with Crippen molar-refractivity contribution in [3.8, 4) is 0 Å². The summed E-state index contributed by atoms with van der Waals surface area (Å²) in [5, 5.41) is 17.9. The van der Waals surface area contributed by atoms with Gasteiger partial charge in [0, 0.05) is 17.8 Å². The molecule has 26 heavy (non-hydrogen) atoms. The Labute approximate surface area is 150 Å². The van der Waals surface area contributed by atoms with Crippen molar-refractivity contribution in [1.82, 2.24) is 5.32 Å². The second-order valence-electron chi connectivity index (χ2n) is 4.88. The zero-order valence-electron chi connectivity index (χ0n) is 12.9. The van der Waals surface area contributed by atoms with Crippen LogP contribution in [-0.4, -0.2) is 22.5 Å². The van der Waals surface area contributed by atoms with Crippen molar-refractivity contribution in [2.75, 3.05) is 17.2 Å². The number of thiocarbonyl (C=S) groups is 1. The van der Waals surface area contributed by atoms with E-state index in [1.54, 1.807) is 0 Å². The van der Waals surface area contributed by atoms with Crippen molar-refractivity contribution in [3.05, 3.63) is 64.0 Å². The average Bonchev–Trinajstić information content (AvgIpc) is 2.61. The van der Waals surface area contributed by atoms with Gasteiger partial charge in [-0.3, -0.25) is 14.9 Å². The number of amides is 1. The standard InChI is InChI=1S/C15H11F3N4O3S/c16-10-5-6-11(14(18)13(10)17)21-12(23)7-19-15(26)20-8-1-3-9(4-2-8)22(24)25/h1-6H,7H2,(H,21,23)(H2,19,20,26). The molecule has 136 valence electrons. The summed E-state index contributed by atoms with van der Waals surface area (Å²) >= 11 is 4.95. The number of nitro benzene ring substituents is 1. The van der Waals surface area contributed by atoms with Crippen LogP contribution in [0.25, 0.3) is 0 Å². The lowest BCUT2D eigenvalue weighted by atomic mass is 10.2. The maximum absolute atomic E-state index is 13.5. The lowest BCUT2D eigenvalue weighted by Crippen LogP contribution is -2.35. The van der Waals surface area contributed by atoms with Gasteiger partial charge in [0.2, 0.25) is 5.91 Å². The van der Waals surface area contributed by atoms with Gasteiger partial charge in [-0.15, -0.1) is 0 Å². The van der Waals surface area contributed by atoms with Gasteiger partial charge in [0.1, 0.15) is 0 Å². The van der Waals surface area contributed by atoms with Gasteiger partial charge in [-0.2, -0.15) is 0 Å². The van der Waals surface area contributed by atoms with Crippen LogP contribution in [-0.2, 0) is 4.79 Å². The van der Waals surface area contributed by atoms with Crippen molar-refractivity contribution in [1.29, 1.82) is 0 Å². The number of anilines is 2. The molecule has 0 unspecified atom stereocenters. The summed E-state index contributed by atoms with van der Waals surface area (Å²) in [4.78, 5) is 21.7. The Balaban J connectivity index is 1.86.